The van der Waals surface area contributed by atoms with Crippen LogP contribution in [0.3, 0.4) is 0 Å². The number of hydrogen-bond donors (Lipinski definition) is 0. The summed E-state index contributed by atoms with van der Waals surface area (Å²) in [5.41, 5.74) is 0. The van der Waals surface area contributed by atoms with Crippen molar-refractivity contribution in [3.63, 3.8) is 0 Å². The largest absolute Gasteiger partial charge is 4.00 e. The minimum absolute atomic E-state index is 0. The van der Waals surface area contributed by atoms with Crippen LogP contribution in [-0.4, -0.2) is 35.8 Å². The van der Waals surface area contributed by atoms with E-state index >= 15 is 0 Å². The molecule has 0 amide bonds. The van der Waals surface area contributed by atoms with Crippen LogP contribution in [0.25, 0.3) is 0 Å². The predicted octanol–water partition coefficient (Wildman–Crippen LogP) is -8.86. The summed E-state index contributed by atoms with van der Waals surface area (Å²) in [5, 5.41) is 17.8. The summed E-state index contributed by atoms with van der Waals surface area (Å²) in [6.45, 7) is 1.94. The number of carbonyl (C=O) groups is 2. The Balaban J connectivity index is -0.0000000171. The molecule has 0 aliphatic heterocycles. The summed E-state index contributed by atoms with van der Waals surface area (Å²) in [7, 11) is 0. The summed E-state index contributed by atoms with van der Waals surface area (Å²) in [6.07, 6.45) is 0. The fraction of sp³-hybridized carbons (Fsp3) is 0.500. The molecule has 0 aromatic rings. The Bertz CT molecular complexity index is 78.1. The number of aliphatic carboxylic acids is 2. The fourth-order valence-electron chi connectivity index (χ4n) is 0. The van der Waals surface area contributed by atoms with Crippen LogP contribution in [-0.2, 0) is 9.59 Å². The van der Waals surface area contributed by atoms with Crippen molar-refractivity contribution in [3.8, 4) is 0 Å². The molecule has 7 heteroatoms. The predicted molar refractivity (Wildman–Crippen MR) is 27.1 cm³/mol. The zero-order valence-electron chi connectivity index (χ0n) is 5.89. The van der Waals surface area contributed by atoms with E-state index in [1.54, 1.807) is 0 Å². The van der Waals surface area contributed by atoms with Gasteiger partial charge in [-0.3, -0.25) is 0 Å². The van der Waals surface area contributed by atoms with Gasteiger partial charge in [-0.05, 0) is 13.8 Å². The summed E-state index contributed by atoms with van der Waals surface area (Å²) in [5.74, 6) is -2.17. The third-order valence-corrected chi connectivity index (χ3v) is 0. The van der Waals surface area contributed by atoms with E-state index in [2.05, 4.69) is 0 Å². The van der Waals surface area contributed by atoms with Crippen LogP contribution in [0.15, 0.2) is 0 Å². The first kappa shape index (κ1) is 29.5. The van der Waals surface area contributed by atoms with Gasteiger partial charge >= 0.3 is 23.9 Å². The Labute approximate surface area is 116 Å². The number of carboxylic acids is 2. The third kappa shape index (κ3) is 659. The molecule has 0 spiro atoms. The maximum absolute atomic E-state index is 8.89. The van der Waals surface area contributed by atoms with Crippen LogP contribution < -0.4 is 58.2 Å². The van der Waals surface area contributed by atoms with Crippen molar-refractivity contribution in [2.24, 2.45) is 0 Å². The Hall–Kier alpha value is 1.20. The molecular formula is C4H6I2O4Sn. The molecule has 64 valence electrons. The average Bonchev–Trinajstić information content (AvgIpc) is 1.25. The van der Waals surface area contributed by atoms with Gasteiger partial charge in [-0.2, -0.15) is 0 Å². The van der Waals surface area contributed by atoms with Crippen molar-refractivity contribution >= 4 is 35.8 Å². The normalized spacial score (nSPS) is 4.55. The van der Waals surface area contributed by atoms with Gasteiger partial charge in [0.05, 0.1) is 0 Å². The number of hydrogen-bond acceptors (Lipinski definition) is 4. The summed E-state index contributed by atoms with van der Waals surface area (Å²) in [6, 6.07) is 0. The first-order chi connectivity index (χ1) is 3.46. The molecule has 0 aromatic carbocycles. The molecule has 0 heterocycles. The molecule has 0 unspecified atom stereocenters. The van der Waals surface area contributed by atoms with Crippen molar-refractivity contribution in [1.82, 2.24) is 0 Å². The van der Waals surface area contributed by atoms with Crippen LogP contribution in [0.1, 0.15) is 13.8 Å². The third-order valence-electron chi connectivity index (χ3n) is 0. The van der Waals surface area contributed by atoms with Gasteiger partial charge in [0.25, 0.3) is 0 Å². The molecular weight excluding hydrogens is 485 g/mol. The first-order valence-electron chi connectivity index (χ1n) is 1.82. The van der Waals surface area contributed by atoms with Crippen molar-refractivity contribution in [1.29, 1.82) is 0 Å². The second-order valence-corrected chi connectivity index (χ2v) is 0.983. The molecule has 0 atom stereocenters. The molecule has 0 fully saturated rings. The second-order valence-electron chi connectivity index (χ2n) is 0.983. The average molecular weight is 491 g/mol. The summed E-state index contributed by atoms with van der Waals surface area (Å²) in [4.78, 5) is 17.8. The van der Waals surface area contributed by atoms with E-state index in [4.69, 9.17) is 19.8 Å². The molecule has 0 saturated carbocycles. The van der Waals surface area contributed by atoms with E-state index in [1.165, 1.54) is 0 Å². The van der Waals surface area contributed by atoms with Crippen molar-refractivity contribution in [2.45, 2.75) is 13.8 Å². The SMILES string of the molecule is CC(=O)[O-].CC(=O)[O-].[I-].[I-].[Sn+4]. The zero-order chi connectivity index (χ0) is 7.15. The van der Waals surface area contributed by atoms with Gasteiger partial charge in [0.2, 0.25) is 0 Å². The maximum atomic E-state index is 8.89. The van der Waals surface area contributed by atoms with Gasteiger partial charge in [0, 0.05) is 11.9 Å². The molecule has 4 nitrogen and oxygen atoms in total. The molecule has 0 rings (SSSR count). The van der Waals surface area contributed by atoms with Crippen molar-refractivity contribution in [2.75, 3.05) is 0 Å². The summed E-state index contributed by atoms with van der Waals surface area (Å²) >= 11 is 0. The number of halogens is 2. The number of rotatable bonds is 0. The topological polar surface area (TPSA) is 80.3 Å². The molecule has 0 saturated heterocycles. The Morgan fingerprint density at radius 2 is 0.909 bits per heavy atom. The Kier molecular flexibility index (Phi) is 60.3. The molecule has 11 heavy (non-hydrogen) atoms. The Morgan fingerprint density at radius 1 is 0.909 bits per heavy atom. The first-order valence-corrected chi connectivity index (χ1v) is 1.82. The number of carboxylic acid groups (broad SMARTS) is 2. The van der Waals surface area contributed by atoms with Crippen LogP contribution in [0.4, 0.5) is 0 Å². The molecule has 0 bridgehead atoms. The van der Waals surface area contributed by atoms with Crippen LogP contribution in [0, 0.1) is 0 Å². The smallest absolute Gasteiger partial charge is 1.00 e. The minimum atomic E-state index is -1.08. The fourth-order valence-corrected chi connectivity index (χ4v) is 0. The molecule has 0 N–H and O–H groups in total. The van der Waals surface area contributed by atoms with Crippen LogP contribution in [0.2, 0.25) is 0 Å². The van der Waals surface area contributed by atoms with E-state index in [-0.39, 0.29) is 71.9 Å². The van der Waals surface area contributed by atoms with Gasteiger partial charge < -0.3 is 67.8 Å². The van der Waals surface area contributed by atoms with E-state index in [0.29, 0.717) is 0 Å². The van der Waals surface area contributed by atoms with E-state index in [9.17, 15) is 0 Å². The Morgan fingerprint density at radius 3 is 0.909 bits per heavy atom. The van der Waals surface area contributed by atoms with E-state index < -0.39 is 11.9 Å². The van der Waals surface area contributed by atoms with E-state index in [0.717, 1.165) is 13.8 Å². The molecule has 0 aromatic heterocycles. The second kappa shape index (κ2) is 22.5. The van der Waals surface area contributed by atoms with Crippen molar-refractivity contribution in [3.05, 3.63) is 0 Å². The van der Waals surface area contributed by atoms with Gasteiger partial charge in [0.15, 0.2) is 0 Å². The van der Waals surface area contributed by atoms with Gasteiger partial charge in [-0.15, -0.1) is 0 Å². The monoisotopic (exact) mass is 492 g/mol. The summed E-state index contributed by atoms with van der Waals surface area (Å²) < 4.78 is 0. The van der Waals surface area contributed by atoms with E-state index in [1.807, 2.05) is 0 Å². The standard InChI is InChI=1S/2C2H4O2.2HI.Sn/c2*1-2(3)4;;;/h2*1H3,(H,3,4);2*1H;/q;;;;+4/p-4. The quantitative estimate of drug-likeness (QED) is 0.250. The molecule has 0 radical (unpaired) electrons. The van der Waals surface area contributed by atoms with Crippen LogP contribution in [0.5, 0.6) is 0 Å². The maximum Gasteiger partial charge on any atom is 4.00 e. The minimum Gasteiger partial charge on any atom is -1.00 e. The van der Waals surface area contributed by atoms with Crippen LogP contribution >= 0.6 is 0 Å². The van der Waals surface area contributed by atoms with Crippen molar-refractivity contribution < 1.29 is 67.8 Å². The van der Waals surface area contributed by atoms with Gasteiger partial charge in [0.1, 0.15) is 0 Å². The zero-order valence-corrected chi connectivity index (χ0v) is 13.1. The number of carbonyl (C=O) groups excluding carboxylic acids is 2. The van der Waals surface area contributed by atoms with Gasteiger partial charge in [-0.25, -0.2) is 0 Å². The van der Waals surface area contributed by atoms with Gasteiger partial charge in [-0.1, -0.05) is 0 Å². The molecule has 0 aliphatic rings. The molecule has 0 aliphatic carbocycles.